The minimum absolute atomic E-state index is 0.0960. The summed E-state index contributed by atoms with van der Waals surface area (Å²) >= 11 is 0. The van der Waals surface area contributed by atoms with Gasteiger partial charge in [0.2, 0.25) is 0 Å². The summed E-state index contributed by atoms with van der Waals surface area (Å²) in [6.45, 7) is 0.468. The van der Waals surface area contributed by atoms with Gasteiger partial charge in [0.1, 0.15) is 6.04 Å². The molecule has 132 valence electrons. The predicted octanol–water partition coefficient (Wildman–Crippen LogP) is 1.81. The van der Waals surface area contributed by atoms with Crippen molar-refractivity contribution in [1.29, 1.82) is 0 Å². The van der Waals surface area contributed by atoms with Crippen molar-refractivity contribution in [2.75, 3.05) is 13.1 Å². The zero-order valence-electron chi connectivity index (χ0n) is 14.0. The Hall–Kier alpha value is -3.35. The molecule has 1 aliphatic rings. The van der Waals surface area contributed by atoms with Crippen molar-refractivity contribution in [3.05, 3.63) is 71.3 Å². The summed E-state index contributed by atoms with van der Waals surface area (Å²) < 4.78 is 0. The summed E-state index contributed by atoms with van der Waals surface area (Å²) in [5.74, 6) is -1.83. The molecule has 0 fully saturated rings. The zero-order chi connectivity index (χ0) is 18.4. The van der Waals surface area contributed by atoms with Gasteiger partial charge in [-0.1, -0.05) is 48.5 Å². The average Bonchev–Trinajstić information content (AvgIpc) is 2.68. The first-order valence-electron chi connectivity index (χ1n) is 8.29. The van der Waals surface area contributed by atoms with Gasteiger partial charge >= 0.3 is 11.8 Å². The average molecular weight is 350 g/mol. The van der Waals surface area contributed by atoms with Crippen LogP contribution >= 0.6 is 0 Å². The number of nitrogens with one attached hydrogen (secondary N) is 2. The van der Waals surface area contributed by atoms with Crippen LogP contribution in [0, 0.1) is 0 Å². The second kappa shape index (κ2) is 8.15. The number of hydrogen-bond acceptors (Lipinski definition) is 4. The summed E-state index contributed by atoms with van der Waals surface area (Å²) in [4.78, 5) is 35.5. The highest BCUT2D eigenvalue weighted by Crippen LogP contribution is 2.26. The van der Waals surface area contributed by atoms with Crippen LogP contribution in [0.3, 0.4) is 0 Å². The van der Waals surface area contributed by atoms with Crippen molar-refractivity contribution in [3.8, 4) is 0 Å². The number of carbonyl (C=O) groups excluding carboxylic acids is 3. The molecule has 1 atom stereocenters. The number of carbonyl (C=O) groups is 3. The summed E-state index contributed by atoms with van der Waals surface area (Å²) in [6.07, 6.45) is 0.645. The third-order valence-electron chi connectivity index (χ3n) is 4.04. The second-order valence-electron chi connectivity index (χ2n) is 5.83. The molecule has 2 aromatic rings. The van der Waals surface area contributed by atoms with E-state index in [4.69, 9.17) is 0 Å². The Kier molecular flexibility index (Phi) is 5.48. The fourth-order valence-electron chi connectivity index (χ4n) is 2.69. The van der Waals surface area contributed by atoms with Crippen molar-refractivity contribution < 1.29 is 14.4 Å². The van der Waals surface area contributed by atoms with Gasteiger partial charge in [0.25, 0.3) is 5.91 Å². The lowest BCUT2D eigenvalue weighted by Crippen LogP contribution is -2.42. The van der Waals surface area contributed by atoms with E-state index in [1.807, 2.05) is 30.3 Å². The zero-order valence-corrected chi connectivity index (χ0v) is 14.0. The van der Waals surface area contributed by atoms with Crippen LogP contribution in [0.15, 0.2) is 64.8 Å². The number of fused-ring (bicyclic) bond motifs is 1. The molecule has 0 radical (unpaired) electrons. The lowest BCUT2D eigenvalue weighted by molar-refractivity contribution is -0.139. The Morgan fingerprint density at radius 1 is 0.923 bits per heavy atom. The van der Waals surface area contributed by atoms with E-state index >= 15 is 0 Å². The standard InChI is InChI=1S/C19H18N4O3/c24-17-15-9-5-4-8-14(15)16(22-23-17)12-21-19(26)18(25)20-11-10-13-6-2-1-3-7-13/h1-9,16H,10-12H2,(H,20,25)(H,21,26). The molecule has 0 aromatic heterocycles. The van der Waals surface area contributed by atoms with E-state index in [9.17, 15) is 14.4 Å². The van der Waals surface area contributed by atoms with Gasteiger partial charge in [0.05, 0.1) is 0 Å². The Balaban J connectivity index is 1.48. The fraction of sp³-hybridized carbons (Fsp3) is 0.211. The quantitative estimate of drug-likeness (QED) is 0.804. The van der Waals surface area contributed by atoms with Crippen molar-refractivity contribution in [1.82, 2.24) is 10.6 Å². The molecular weight excluding hydrogens is 332 g/mol. The highest BCUT2D eigenvalue weighted by Gasteiger charge is 2.24. The number of azo groups is 1. The SMILES string of the molecule is O=C(NCCc1ccccc1)C(=O)NCC1N=NC(=O)c2ccccc21. The van der Waals surface area contributed by atoms with E-state index in [-0.39, 0.29) is 6.54 Å². The third kappa shape index (κ3) is 4.18. The molecule has 7 heteroatoms. The first-order chi connectivity index (χ1) is 12.6. The fourth-order valence-corrected chi connectivity index (χ4v) is 2.69. The Labute approximate surface area is 150 Å². The highest BCUT2D eigenvalue weighted by atomic mass is 16.2. The topological polar surface area (TPSA) is 100.0 Å². The smallest absolute Gasteiger partial charge is 0.309 e. The third-order valence-corrected chi connectivity index (χ3v) is 4.04. The van der Waals surface area contributed by atoms with Crippen LogP contribution < -0.4 is 10.6 Å². The number of nitrogens with zero attached hydrogens (tertiary/aromatic N) is 2. The molecular formula is C19H18N4O3. The normalized spacial score (nSPS) is 15.2. The van der Waals surface area contributed by atoms with E-state index in [0.717, 1.165) is 5.56 Å². The first kappa shape index (κ1) is 17.5. The van der Waals surface area contributed by atoms with Crippen LogP contribution in [-0.2, 0) is 16.0 Å². The molecule has 7 nitrogen and oxygen atoms in total. The largest absolute Gasteiger partial charge is 0.348 e. The van der Waals surface area contributed by atoms with Crippen LogP contribution in [0.1, 0.15) is 27.5 Å². The van der Waals surface area contributed by atoms with Gasteiger partial charge < -0.3 is 10.6 Å². The van der Waals surface area contributed by atoms with Crippen molar-refractivity contribution in [3.63, 3.8) is 0 Å². The molecule has 26 heavy (non-hydrogen) atoms. The summed E-state index contributed by atoms with van der Waals surface area (Å²) in [5, 5.41) is 12.6. The molecule has 1 heterocycles. The van der Waals surface area contributed by atoms with E-state index in [2.05, 4.69) is 20.9 Å². The molecule has 2 aromatic carbocycles. The number of rotatable bonds is 5. The van der Waals surface area contributed by atoms with Gasteiger partial charge in [-0.15, -0.1) is 5.11 Å². The highest BCUT2D eigenvalue weighted by molar-refractivity contribution is 6.35. The molecule has 1 aliphatic heterocycles. The van der Waals surface area contributed by atoms with Gasteiger partial charge in [-0.05, 0) is 23.6 Å². The number of benzene rings is 2. The summed E-state index contributed by atoms with van der Waals surface area (Å²) in [5.41, 5.74) is 2.24. The lowest BCUT2D eigenvalue weighted by Gasteiger charge is -2.18. The molecule has 1 unspecified atom stereocenters. The van der Waals surface area contributed by atoms with Crippen LogP contribution in [-0.4, -0.2) is 30.8 Å². The van der Waals surface area contributed by atoms with Gasteiger partial charge in [0, 0.05) is 18.7 Å². The predicted molar refractivity (Wildman–Crippen MR) is 94.5 cm³/mol. The molecule has 0 spiro atoms. The van der Waals surface area contributed by atoms with Gasteiger partial charge in [0.15, 0.2) is 0 Å². The maximum absolute atomic E-state index is 11.9. The maximum Gasteiger partial charge on any atom is 0.309 e. The van der Waals surface area contributed by atoms with Gasteiger partial charge in [-0.25, -0.2) is 0 Å². The lowest BCUT2D eigenvalue weighted by atomic mass is 9.99. The Morgan fingerprint density at radius 3 is 2.42 bits per heavy atom. The van der Waals surface area contributed by atoms with Crippen LogP contribution in [0.25, 0.3) is 0 Å². The van der Waals surface area contributed by atoms with E-state index in [0.29, 0.717) is 24.1 Å². The molecule has 0 saturated heterocycles. The van der Waals surface area contributed by atoms with E-state index in [1.165, 1.54) is 0 Å². The molecule has 3 amide bonds. The second-order valence-corrected chi connectivity index (χ2v) is 5.83. The molecule has 0 aliphatic carbocycles. The molecule has 0 bridgehead atoms. The maximum atomic E-state index is 11.9. The van der Waals surface area contributed by atoms with Crippen molar-refractivity contribution in [2.45, 2.75) is 12.5 Å². The first-order valence-corrected chi connectivity index (χ1v) is 8.29. The van der Waals surface area contributed by atoms with Crippen LogP contribution in [0.2, 0.25) is 0 Å². The van der Waals surface area contributed by atoms with Crippen LogP contribution in [0.5, 0.6) is 0 Å². The Bertz CT molecular complexity index is 849. The summed E-state index contributed by atoms with van der Waals surface area (Å²) in [7, 11) is 0. The number of amides is 3. The van der Waals surface area contributed by atoms with Crippen LogP contribution in [0.4, 0.5) is 0 Å². The summed E-state index contributed by atoms with van der Waals surface area (Å²) in [6, 6.07) is 16.2. The van der Waals surface area contributed by atoms with E-state index < -0.39 is 23.8 Å². The van der Waals surface area contributed by atoms with Gasteiger partial charge in [-0.3, -0.25) is 14.4 Å². The monoisotopic (exact) mass is 350 g/mol. The number of hydrogen-bond donors (Lipinski definition) is 2. The molecule has 3 rings (SSSR count). The molecule has 0 saturated carbocycles. The van der Waals surface area contributed by atoms with E-state index in [1.54, 1.807) is 24.3 Å². The van der Waals surface area contributed by atoms with Crippen molar-refractivity contribution >= 4 is 17.7 Å². The minimum atomic E-state index is -0.734. The minimum Gasteiger partial charge on any atom is -0.348 e. The van der Waals surface area contributed by atoms with Gasteiger partial charge in [-0.2, -0.15) is 5.11 Å². The molecule has 2 N–H and O–H groups in total. The Morgan fingerprint density at radius 2 is 1.62 bits per heavy atom. The van der Waals surface area contributed by atoms with Crippen molar-refractivity contribution in [2.24, 2.45) is 10.2 Å².